The fourth-order valence-corrected chi connectivity index (χ4v) is 9.84. The van der Waals surface area contributed by atoms with Gasteiger partial charge in [-0.15, -0.1) is 0 Å². The topological polar surface area (TPSA) is 105 Å². The van der Waals surface area contributed by atoms with Crippen LogP contribution in [0.4, 0.5) is 0 Å². The fraction of sp³-hybridized carbons (Fsp3) is 0.948. The van der Waals surface area contributed by atoms with E-state index >= 15 is 0 Å². The number of phosphoric acid groups is 1. The predicted octanol–water partition coefficient (Wildman–Crippen LogP) is 17.8. The van der Waals surface area contributed by atoms with Crippen molar-refractivity contribution >= 4 is 13.7 Å². The van der Waals surface area contributed by atoms with E-state index in [1.54, 1.807) is 0 Å². The molecule has 0 heterocycles. The van der Waals surface area contributed by atoms with E-state index in [9.17, 15) is 19.4 Å². The van der Waals surface area contributed by atoms with Crippen LogP contribution >= 0.6 is 7.82 Å². The minimum Gasteiger partial charge on any atom is -0.391 e. The Morgan fingerprint density at radius 1 is 0.493 bits per heavy atom. The van der Waals surface area contributed by atoms with Crippen molar-refractivity contribution in [2.75, 3.05) is 40.9 Å². The fourth-order valence-electron chi connectivity index (χ4n) is 9.10. The smallest absolute Gasteiger partial charge is 0.391 e. The molecule has 0 aliphatic rings. The summed E-state index contributed by atoms with van der Waals surface area (Å²) in [6, 6.07) is -0.762. The maximum atomic E-state index is 12.9. The third-order valence-corrected chi connectivity index (χ3v) is 14.7. The summed E-state index contributed by atoms with van der Waals surface area (Å²) in [6.07, 6.45) is 61.4. The van der Waals surface area contributed by atoms with Crippen LogP contribution in [0, 0.1) is 0 Å². The lowest BCUT2D eigenvalue weighted by molar-refractivity contribution is -0.870. The number of aliphatic hydroxyl groups excluding tert-OH is 1. The number of aliphatic hydroxyl groups is 1. The van der Waals surface area contributed by atoms with E-state index in [0.717, 1.165) is 51.4 Å². The molecular formula is C58H118N2O6P+. The van der Waals surface area contributed by atoms with Crippen molar-refractivity contribution in [2.24, 2.45) is 0 Å². The van der Waals surface area contributed by atoms with Crippen molar-refractivity contribution in [1.82, 2.24) is 5.32 Å². The molecule has 0 aromatic carbocycles. The molecule has 0 aromatic heterocycles. The first kappa shape index (κ1) is 66.2. The van der Waals surface area contributed by atoms with Gasteiger partial charge in [0.15, 0.2) is 0 Å². The molecule has 0 spiro atoms. The van der Waals surface area contributed by atoms with Gasteiger partial charge in [0.2, 0.25) is 5.91 Å². The van der Waals surface area contributed by atoms with Gasteiger partial charge in [-0.1, -0.05) is 270 Å². The molecule has 0 fully saturated rings. The molecule has 0 bridgehead atoms. The van der Waals surface area contributed by atoms with E-state index in [0.29, 0.717) is 23.9 Å². The van der Waals surface area contributed by atoms with E-state index in [1.165, 1.54) is 225 Å². The number of hydrogen-bond donors (Lipinski definition) is 3. The summed E-state index contributed by atoms with van der Waals surface area (Å²) in [5.41, 5.74) is 0. The summed E-state index contributed by atoms with van der Waals surface area (Å²) in [5, 5.41) is 14.1. The largest absolute Gasteiger partial charge is 0.472 e. The van der Waals surface area contributed by atoms with Gasteiger partial charge in [-0.3, -0.25) is 13.8 Å². The lowest BCUT2D eigenvalue weighted by atomic mass is 10.0. The van der Waals surface area contributed by atoms with E-state index in [4.69, 9.17) is 9.05 Å². The van der Waals surface area contributed by atoms with Crippen LogP contribution in [0.3, 0.4) is 0 Å². The zero-order chi connectivity index (χ0) is 49.2. The van der Waals surface area contributed by atoms with Crippen LogP contribution in [0.25, 0.3) is 0 Å². The first-order valence-electron chi connectivity index (χ1n) is 29.6. The minimum atomic E-state index is -4.32. The molecule has 9 heteroatoms. The van der Waals surface area contributed by atoms with E-state index in [1.807, 2.05) is 21.1 Å². The van der Waals surface area contributed by atoms with Crippen LogP contribution in [0.5, 0.6) is 0 Å². The van der Waals surface area contributed by atoms with Crippen molar-refractivity contribution in [1.29, 1.82) is 0 Å². The van der Waals surface area contributed by atoms with Crippen LogP contribution < -0.4 is 5.32 Å². The summed E-state index contributed by atoms with van der Waals surface area (Å²) in [4.78, 5) is 23.3. The van der Waals surface area contributed by atoms with Gasteiger partial charge >= 0.3 is 7.82 Å². The lowest BCUT2D eigenvalue weighted by Crippen LogP contribution is -2.46. The Morgan fingerprint density at radius 3 is 1.15 bits per heavy atom. The van der Waals surface area contributed by atoms with Crippen molar-refractivity contribution in [3.63, 3.8) is 0 Å². The Kier molecular flexibility index (Phi) is 49.6. The number of carbonyl (C=O) groups excluding carboxylic acids is 1. The number of carbonyl (C=O) groups is 1. The third kappa shape index (κ3) is 52.9. The molecule has 0 saturated carbocycles. The number of nitrogens with zero attached hydrogens (tertiary/aromatic N) is 1. The summed E-state index contributed by atoms with van der Waals surface area (Å²) in [7, 11) is 1.62. The van der Waals surface area contributed by atoms with Crippen LogP contribution in [0.1, 0.15) is 303 Å². The van der Waals surface area contributed by atoms with E-state index in [-0.39, 0.29) is 19.1 Å². The van der Waals surface area contributed by atoms with E-state index in [2.05, 4.69) is 31.3 Å². The normalized spacial score (nSPS) is 14.0. The van der Waals surface area contributed by atoms with Gasteiger partial charge in [0.05, 0.1) is 39.9 Å². The third-order valence-electron chi connectivity index (χ3n) is 13.8. The molecule has 67 heavy (non-hydrogen) atoms. The molecule has 0 aliphatic carbocycles. The summed E-state index contributed by atoms with van der Waals surface area (Å²) >= 11 is 0. The van der Waals surface area contributed by atoms with Crippen molar-refractivity contribution in [2.45, 2.75) is 315 Å². The highest BCUT2D eigenvalue weighted by atomic mass is 31.2. The Morgan fingerprint density at radius 2 is 0.806 bits per heavy atom. The second kappa shape index (κ2) is 50.2. The number of allylic oxidation sites excluding steroid dienone is 2. The number of amides is 1. The molecule has 3 unspecified atom stereocenters. The van der Waals surface area contributed by atoms with Gasteiger partial charge in [-0.25, -0.2) is 4.57 Å². The van der Waals surface area contributed by atoms with Crippen LogP contribution in [-0.4, -0.2) is 73.4 Å². The highest BCUT2D eigenvalue weighted by Gasteiger charge is 2.28. The average molecular weight is 971 g/mol. The van der Waals surface area contributed by atoms with Gasteiger partial charge in [-0.05, 0) is 38.5 Å². The molecule has 8 nitrogen and oxygen atoms in total. The highest BCUT2D eigenvalue weighted by molar-refractivity contribution is 7.47. The number of hydrogen-bond acceptors (Lipinski definition) is 5. The molecule has 0 rings (SSSR count). The summed E-state index contributed by atoms with van der Waals surface area (Å²) in [6.45, 7) is 4.91. The Bertz CT molecular complexity index is 1100. The maximum Gasteiger partial charge on any atom is 0.472 e. The predicted molar refractivity (Wildman–Crippen MR) is 291 cm³/mol. The number of rotatable bonds is 55. The molecular weight excluding hydrogens is 852 g/mol. The van der Waals surface area contributed by atoms with Gasteiger partial charge in [-0.2, -0.15) is 0 Å². The van der Waals surface area contributed by atoms with Gasteiger partial charge in [0, 0.05) is 6.42 Å². The molecule has 0 saturated heterocycles. The number of quaternary nitrogens is 1. The molecule has 1 amide bonds. The second-order valence-corrected chi connectivity index (χ2v) is 23.2. The maximum absolute atomic E-state index is 12.9. The minimum absolute atomic E-state index is 0.0754. The van der Waals surface area contributed by atoms with Gasteiger partial charge < -0.3 is 19.8 Å². The molecule has 400 valence electrons. The molecule has 0 aliphatic heterocycles. The summed E-state index contributed by atoms with van der Waals surface area (Å²) < 4.78 is 23.8. The van der Waals surface area contributed by atoms with E-state index < -0.39 is 20.0 Å². The number of likely N-dealkylation sites (N-methyl/N-ethyl adjacent to an activating group) is 1. The average Bonchev–Trinajstić information content (AvgIpc) is 3.29. The lowest BCUT2D eigenvalue weighted by Gasteiger charge is -2.26. The monoisotopic (exact) mass is 970 g/mol. The standard InChI is InChI=1S/C58H117N2O6P/c1-6-8-10-12-14-16-18-20-22-23-24-25-26-27-28-29-30-31-32-33-34-35-36-37-38-39-41-43-45-47-49-51-57(61)56(55-66-67(63,64)65-54-53-60(3,4)5)59-58(62)52-50-48-46-44-42-40-21-19-17-15-13-11-9-7-2/h19,21,56-57,61H,6-18,20,22-55H2,1-5H3,(H-,59,62,63,64)/p+1/b21-19-. The van der Waals surface area contributed by atoms with Gasteiger partial charge in [0.1, 0.15) is 13.2 Å². The second-order valence-electron chi connectivity index (χ2n) is 21.7. The summed E-state index contributed by atoms with van der Waals surface area (Å²) in [5.74, 6) is -0.149. The number of nitrogens with one attached hydrogen (secondary N) is 1. The Balaban J connectivity index is 4.00. The molecule has 3 atom stereocenters. The zero-order valence-corrected chi connectivity index (χ0v) is 46.6. The number of unbranched alkanes of at least 4 members (excludes halogenated alkanes) is 40. The van der Waals surface area contributed by atoms with Crippen molar-refractivity contribution in [3.8, 4) is 0 Å². The van der Waals surface area contributed by atoms with Crippen molar-refractivity contribution in [3.05, 3.63) is 12.2 Å². The molecule has 3 N–H and O–H groups in total. The van der Waals surface area contributed by atoms with Crippen molar-refractivity contribution < 1.29 is 32.9 Å². The highest BCUT2D eigenvalue weighted by Crippen LogP contribution is 2.43. The Labute approximate surface area is 418 Å². The van der Waals surface area contributed by atoms with Crippen LogP contribution in [-0.2, 0) is 18.4 Å². The van der Waals surface area contributed by atoms with Crippen LogP contribution in [0.2, 0.25) is 0 Å². The van der Waals surface area contributed by atoms with Crippen LogP contribution in [0.15, 0.2) is 12.2 Å². The molecule has 0 radical (unpaired) electrons. The quantitative estimate of drug-likeness (QED) is 0.0243. The SMILES string of the molecule is CCCCCCC/C=C\CCCCCCCC(=O)NC(COP(=O)(O)OCC[N+](C)(C)C)C(O)CCCCCCCCCCCCCCCCCCCCCCCCCCCCCCCCC. The first-order valence-corrected chi connectivity index (χ1v) is 31.0. The zero-order valence-electron chi connectivity index (χ0n) is 45.7. The number of phosphoric ester groups is 1. The molecule has 0 aromatic rings. The van der Waals surface area contributed by atoms with Gasteiger partial charge in [0.25, 0.3) is 0 Å². The Hall–Kier alpha value is -0.760. The first-order chi connectivity index (χ1) is 32.5.